The van der Waals surface area contributed by atoms with Gasteiger partial charge in [0.2, 0.25) is 11.8 Å². The minimum atomic E-state index is -1.31. The Hall–Kier alpha value is -6.20. The second-order valence-corrected chi connectivity index (χ2v) is 26.6. The molecule has 3 amide bonds. The fourth-order valence-electron chi connectivity index (χ4n) is 15.4. The van der Waals surface area contributed by atoms with Gasteiger partial charge in [-0.3, -0.25) is 19.4 Å². The Balaban J connectivity index is 0.000000127. The van der Waals surface area contributed by atoms with Crippen LogP contribution in [0.3, 0.4) is 0 Å². The highest BCUT2D eigenvalue weighted by atomic mass is 35.5. The minimum absolute atomic E-state index is 0.00910. The summed E-state index contributed by atoms with van der Waals surface area (Å²) in [4.78, 5) is 41.5. The number of fused-ring (bicyclic) bond motifs is 3. The number of carbonyl (C=O) groups is 3. The molecule has 3 saturated heterocycles. The highest BCUT2D eigenvalue weighted by Gasteiger charge is 2.57. The van der Waals surface area contributed by atoms with Crippen molar-refractivity contribution in [3.8, 4) is 22.4 Å². The third-order valence-corrected chi connectivity index (χ3v) is 21.2. The van der Waals surface area contributed by atoms with Crippen LogP contribution in [-0.2, 0) is 14.4 Å². The van der Waals surface area contributed by atoms with Gasteiger partial charge in [0.25, 0.3) is 5.91 Å². The van der Waals surface area contributed by atoms with Crippen molar-refractivity contribution in [2.75, 3.05) is 19.6 Å². The summed E-state index contributed by atoms with van der Waals surface area (Å²) < 4.78 is 0. The summed E-state index contributed by atoms with van der Waals surface area (Å²) in [6, 6.07) is 58.9. The lowest BCUT2D eigenvalue weighted by atomic mass is 9.61. The van der Waals surface area contributed by atoms with Crippen LogP contribution >= 0.6 is 69.6 Å². The van der Waals surface area contributed by atoms with Gasteiger partial charge in [0.05, 0.1) is 5.69 Å². The van der Waals surface area contributed by atoms with E-state index in [1.54, 1.807) is 6.20 Å². The molecule has 3 saturated carbocycles. The molecule has 3 aliphatic heterocycles. The highest BCUT2D eigenvalue weighted by molar-refractivity contribution is 6.33. The fraction of sp³-hybridized carbons (Fsp3) is 0.306. The number of nitrogens with one attached hydrogen (secondary N) is 3. The minimum Gasteiger partial charge on any atom is -0.380 e. The zero-order chi connectivity index (χ0) is 59.8. The van der Waals surface area contributed by atoms with Crippen molar-refractivity contribution in [3.05, 3.63) is 251 Å². The molecule has 3 aliphatic carbocycles. The second-order valence-electron chi connectivity index (χ2n) is 24.1. The summed E-state index contributed by atoms with van der Waals surface area (Å²) in [5.74, 6) is 1.77. The van der Waals surface area contributed by atoms with E-state index >= 15 is 0 Å². The van der Waals surface area contributed by atoms with Crippen LogP contribution in [0.5, 0.6) is 0 Å². The molecule has 14 rings (SSSR count). The zero-order valence-corrected chi connectivity index (χ0v) is 52.0. The van der Waals surface area contributed by atoms with Crippen LogP contribution in [0.25, 0.3) is 22.4 Å². The topological polar surface area (TPSA) is 120 Å². The molecule has 1 aromatic heterocycles. The first-order valence-electron chi connectivity index (χ1n) is 29.8. The summed E-state index contributed by atoms with van der Waals surface area (Å²) >= 11 is 38.6. The summed E-state index contributed by atoms with van der Waals surface area (Å²) in [6.45, 7) is 3.94. The van der Waals surface area contributed by atoms with E-state index in [1.165, 1.54) is 16.7 Å². The molecule has 6 aliphatic rings. The number of hydrogen-bond acceptors (Lipinski definition) is 5. The third-order valence-electron chi connectivity index (χ3n) is 19.5. The van der Waals surface area contributed by atoms with E-state index in [2.05, 4.69) is 99.8 Å². The number of pyridine rings is 1. The number of benzene rings is 7. The predicted octanol–water partition coefficient (Wildman–Crippen LogP) is 17.2. The predicted molar refractivity (Wildman–Crippen MR) is 348 cm³/mol. The molecule has 8 nitrogen and oxygen atoms in total. The van der Waals surface area contributed by atoms with E-state index in [-0.39, 0.29) is 82.8 Å². The number of rotatable bonds is 8. The number of aryl methyl sites for hydroxylation is 1. The molecule has 440 valence electrons. The average molecular weight is 1260 g/mol. The molecule has 14 heteroatoms. The van der Waals surface area contributed by atoms with E-state index in [4.69, 9.17) is 69.6 Å². The lowest BCUT2D eigenvalue weighted by Gasteiger charge is -2.44. The van der Waals surface area contributed by atoms with Crippen LogP contribution in [0.15, 0.2) is 182 Å². The Labute approximate surface area is 533 Å². The van der Waals surface area contributed by atoms with Gasteiger partial charge in [0.15, 0.2) is 0 Å². The quantitative estimate of drug-likeness (QED) is 0.121. The van der Waals surface area contributed by atoms with Gasteiger partial charge in [-0.2, -0.15) is 0 Å². The van der Waals surface area contributed by atoms with Gasteiger partial charge in [-0.25, -0.2) is 0 Å². The number of halogens is 6. The summed E-state index contributed by atoms with van der Waals surface area (Å²) in [5, 5.41) is 24.5. The molecule has 4 N–H and O–H groups in total. The molecular weight excluding hydrogens is 1200 g/mol. The van der Waals surface area contributed by atoms with Crippen LogP contribution < -0.4 is 16.0 Å². The SMILES string of the molecule is Cc1ccc(C2CCC3(O)C(=O)NCC3C2c2ccc(Cl)cc2)c(Cl)c1.O=C1NCC2C1CCC(c1ccc(-c3ccccc3)cc1Cl)C2c1ccc(Cl)cc1.O=C1NCC2C1CCC(c1ccc(-c3ccccn3)cc1Cl)C2c1ccc(Cl)cc1. The molecule has 4 heterocycles. The summed E-state index contributed by atoms with van der Waals surface area (Å²) in [7, 11) is 0. The molecule has 12 atom stereocenters. The van der Waals surface area contributed by atoms with Gasteiger partial charge in [0, 0.05) is 79.3 Å². The van der Waals surface area contributed by atoms with Gasteiger partial charge < -0.3 is 21.1 Å². The van der Waals surface area contributed by atoms with E-state index < -0.39 is 5.60 Å². The molecule has 86 heavy (non-hydrogen) atoms. The normalized spacial score (nSPS) is 27.2. The van der Waals surface area contributed by atoms with Crippen molar-refractivity contribution >= 4 is 87.3 Å². The third kappa shape index (κ3) is 12.2. The molecule has 12 unspecified atom stereocenters. The highest BCUT2D eigenvalue weighted by Crippen LogP contribution is 2.56. The van der Waals surface area contributed by atoms with Gasteiger partial charge in [-0.1, -0.05) is 179 Å². The maximum atomic E-state index is 12.4. The van der Waals surface area contributed by atoms with E-state index in [1.807, 2.05) is 104 Å². The lowest BCUT2D eigenvalue weighted by molar-refractivity contribution is -0.142. The number of amides is 3. The fourth-order valence-corrected chi connectivity index (χ4v) is 16.8. The standard InChI is InChI=1S/C26H23Cl2NO.C25H22Cl2N2O.C21H21Cl2NO2/c27-19-9-6-17(7-10-19)25-21(12-13-22-23(25)15-29-26(22)30)20-11-8-18(14-24(20)28)16-4-2-1-3-5-16;26-17-7-4-15(5-8-17)24-19(10-11-20-21(24)14-29-25(20)30)18-9-6-16(13-22(18)27)23-3-1-2-12-28-23;1-12-2-7-15(18(23)10-12)16-8-9-21(26)17(11-24-20(21)25)19(16)13-3-5-14(22)6-4-13/h1-11,14,21-23,25H,12-13,15H2,(H,29,30);1-9,12-13,19-21,24H,10-11,14H2,(H,29,30);2-7,10,16-17,19,26H,8-9,11H2,1H3,(H,24,25). The van der Waals surface area contributed by atoms with E-state index in [0.717, 1.165) is 109 Å². The lowest BCUT2D eigenvalue weighted by Crippen LogP contribution is -2.49. The Morgan fingerprint density at radius 2 is 0.895 bits per heavy atom. The van der Waals surface area contributed by atoms with Gasteiger partial charge >= 0.3 is 0 Å². The van der Waals surface area contributed by atoms with Crippen LogP contribution in [0.4, 0.5) is 0 Å². The molecule has 8 aromatic rings. The van der Waals surface area contributed by atoms with Crippen molar-refractivity contribution < 1.29 is 19.5 Å². The van der Waals surface area contributed by atoms with Crippen molar-refractivity contribution in [3.63, 3.8) is 0 Å². The summed E-state index contributed by atoms with van der Waals surface area (Å²) in [6.07, 6.45) is 6.63. The number of hydrogen-bond donors (Lipinski definition) is 4. The zero-order valence-electron chi connectivity index (χ0n) is 47.4. The van der Waals surface area contributed by atoms with E-state index in [9.17, 15) is 19.5 Å². The van der Waals surface area contributed by atoms with Crippen molar-refractivity contribution in [2.24, 2.45) is 29.6 Å². The van der Waals surface area contributed by atoms with Crippen LogP contribution in [-0.4, -0.2) is 53.0 Å². The monoisotopic (exact) mass is 1260 g/mol. The van der Waals surface area contributed by atoms with Gasteiger partial charge in [0.1, 0.15) is 5.60 Å². The summed E-state index contributed by atoms with van der Waals surface area (Å²) in [5.41, 5.74) is 11.0. The molecule has 0 radical (unpaired) electrons. The number of carbonyl (C=O) groups excluding carboxylic acids is 3. The molecule has 6 fully saturated rings. The Kier molecular flexibility index (Phi) is 18.1. The van der Waals surface area contributed by atoms with Crippen molar-refractivity contribution in [2.45, 2.75) is 86.6 Å². The molecule has 7 aromatic carbocycles. The van der Waals surface area contributed by atoms with Crippen LogP contribution in [0.2, 0.25) is 30.1 Å². The first-order chi connectivity index (χ1) is 41.6. The number of aliphatic hydroxyl groups is 1. The van der Waals surface area contributed by atoms with Crippen molar-refractivity contribution in [1.29, 1.82) is 0 Å². The van der Waals surface area contributed by atoms with Crippen LogP contribution in [0, 0.1) is 36.5 Å². The molecular formula is C72H66Cl6N4O4. The van der Waals surface area contributed by atoms with Crippen molar-refractivity contribution in [1.82, 2.24) is 20.9 Å². The smallest absolute Gasteiger partial charge is 0.252 e. The molecule has 0 spiro atoms. The number of nitrogens with zero attached hydrogens (tertiary/aromatic N) is 1. The Morgan fingerprint density at radius 1 is 0.442 bits per heavy atom. The Bertz CT molecular complexity index is 3590. The maximum absolute atomic E-state index is 12.4. The van der Waals surface area contributed by atoms with E-state index in [0.29, 0.717) is 24.4 Å². The average Bonchev–Trinajstić information content (AvgIpc) is 2.51. The second kappa shape index (κ2) is 25.9. The molecule has 0 bridgehead atoms. The van der Waals surface area contributed by atoms with Gasteiger partial charge in [-0.15, -0.1) is 0 Å². The van der Waals surface area contributed by atoms with Gasteiger partial charge in [-0.05, 0) is 210 Å². The Morgan fingerprint density at radius 3 is 1.40 bits per heavy atom. The maximum Gasteiger partial charge on any atom is 0.252 e. The van der Waals surface area contributed by atoms with Crippen LogP contribution in [0.1, 0.15) is 113 Å². The first kappa shape index (κ1) is 60.1. The first-order valence-corrected chi connectivity index (χ1v) is 32.0. The largest absolute Gasteiger partial charge is 0.380 e. The number of aromatic nitrogens is 1.